The van der Waals surface area contributed by atoms with Crippen molar-refractivity contribution in [1.29, 1.82) is 0 Å². The second-order valence-corrected chi connectivity index (χ2v) is 7.46. The molecule has 0 saturated carbocycles. The van der Waals surface area contributed by atoms with Gasteiger partial charge in [-0.25, -0.2) is 0 Å². The fraction of sp³-hybridized carbons (Fsp3) is 0.455. The van der Waals surface area contributed by atoms with Crippen LogP contribution in [0.1, 0.15) is 52.4 Å². The molecule has 3 amide bonds. The van der Waals surface area contributed by atoms with E-state index in [-0.39, 0.29) is 24.1 Å². The highest BCUT2D eigenvalue weighted by molar-refractivity contribution is 5.99. The van der Waals surface area contributed by atoms with Crippen LogP contribution in [-0.4, -0.2) is 63.5 Å². The lowest BCUT2D eigenvalue weighted by atomic mass is 10.1. The van der Waals surface area contributed by atoms with Crippen molar-refractivity contribution in [3.63, 3.8) is 0 Å². The number of aromatic nitrogens is 2. The molecule has 1 aliphatic heterocycles. The van der Waals surface area contributed by atoms with Crippen molar-refractivity contribution in [2.24, 2.45) is 0 Å². The molecule has 3 rings (SSSR count). The number of rotatable bonds is 7. The summed E-state index contributed by atoms with van der Waals surface area (Å²) >= 11 is 0. The average molecular weight is 412 g/mol. The van der Waals surface area contributed by atoms with E-state index in [0.29, 0.717) is 38.4 Å². The SMILES string of the molecule is CCN(CC)C(=O)CNC(=O)c1cc2n(n1)CCCN(Cc1cccc(C)c1)C2=O. The quantitative estimate of drug-likeness (QED) is 0.753. The van der Waals surface area contributed by atoms with Crippen LogP contribution in [0.4, 0.5) is 0 Å². The van der Waals surface area contributed by atoms with Gasteiger partial charge in [0.2, 0.25) is 5.91 Å². The highest BCUT2D eigenvalue weighted by Gasteiger charge is 2.26. The molecule has 0 radical (unpaired) electrons. The fourth-order valence-corrected chi connectivity index (χ4v) is 3.66. The molecule has 8 nitrogen and oxygen atoms in total. The predicted octanol–water partition coefficient (Wildman–Crippen LogP) is 1.84. The third kappa shape index (κ3) is 4.87. The molecule has 0 aliphatic carbocycles. The lowest BCUT2D eigenvalue weighted by Gasteiger charge is -2.20. The number of nitrogens with zero attached hydrogens (tertiary/aromatic N) is 4. The van der Waals surface area contributed by atoms with E-state index < -0.39 is 5.91 Å². The Hall–Kier alpha value is -3.16. The minimum atomic E-state index is -0.450. The molecule has 8 heteroatoms. The maximum Gasteiger partial charge on any atom is 0.272 e. The molecule has 2 aromatic rings. The van der Waals surface area contributed by atoms with E-state index >= 15 is 0 Å². The first-order valence-electron chi connectivity index (χ1n) is 10.4. The van der Waals surface area contributed by atoms with Crippen molar-refractivity contribution >= 4 is 17.7 Å². The maximum absolute atomic E-state index is 13.1. The van der Waals surface area contributed by atoms with Crippen LogP contribution in [0.15, 0.2) is 30.3 Å². The molecule has 0 spiro atoms. The molecule has 1 aliphatic rings. The first-order chi connectivity index (χ1) is 14.4. The van der Waals surface area contributed by atoms with Gasteiger partial charge in [-0.05, 0) is 32.8 Å². The smallest absolute Gasteiger partial charge is 0.272 e. The van der Waals surface area contributed by atoms with Gasteiger partial charge in [-0.15, -0.1) is 0 Å². The molecule has 0 fully saturated rings. The van der Waals surface area contributed by atoms with Crippen molar-refractivity contribution < 1.29 is 14.4 Å². The Bertz CT molecular complexity index is 933. The number of nitrogens with one attached hydrogen (secondary N) is 1. The zero-order valence-corrected chi connectivity index (χ0v) is 17.9. The molecule has 0 unspecified atom stereocenters. The van der Waals surface area contributed by atoms with Crippen LogP contribution < -0.4 is 5.32 Å². The standard InChI is InChI=1S/C22H29N5O3/c1-4-25(5-2)20(28)14-23-21(29)18-13-19-22(30)26(10-7-11-27(19)24-18)15-17-9-6-8-16(3)12-17/h6,8-9,12-13H,4-5,7,10-11,14-15H2,1-3H3,(H,23,29). The normalized spacial score (nSPS) is 13.6. The van der Waals surface area contributed by atoms with Gasteiger partial charge in [-0.1, -0.05) is 29.8 Å². The summed E-state index contributed by atoms with van der Waals surface area (Å²) in [5.41, 5.74) is 2.78. The van der Waals surface area contributed by atoms with Gasteiger partial charge in [-0.2, -0.15) is 5.10 Å². The Balaban J connectivity index is 1.69. The molecule has 0 atom stereocenters. The Kier molecular flexibility index (Phi) is 6.87. The molecule has 1 N–H and O–H groups in total. The number of benzene rings is 1. The molecule has 30 heavy (non-hydrogen) atoms. The number of fused-ring (bicyclic) bond motifs is 1. The number of likely N-dealkylation sites (N-methyl/N-ethyl adjacent to an activating group) is 1. The third-order valence-corrected chi connectivity index (χ3v) is 5.29. The van der Waals surface area contributed by atoms with Crippen LogP contribution >= 0.6 is 0 Å². The summed E-state index contributed by atoms with van der Waals surface area (Å²) in [6, 6.07) is 9.61. The van der Waals surface area contributed by atoms with Gasteiger partial charge in [-0.3, -0.25) is 19.1 Å². The fourth-order valence-electron chi connectivity index (χ4n) is 3.66. The van der Waals surface area contributed by atoms with Gasteiger partial charge >= 0.3 is 0 Å². The summed E-state index contributed by atoms with van der Waals surface area (Å²) in [6.45, 7) is 8.63. The van der Waals surface area contributed by atoms with Gasteiger partial charge in [0.15, 0.2) is 5.69 Å². The van der Waals surface area contributed by atoms with Crippen LogP contribution in [0, 0.1) is 6.92 Å². The first kappa shape index (κ1) is 21.5. The van der Waals surface area contributed by atoms with Gasteiger partial charge < -0.3 is 15.1 Å². The van der Waals surface area contributed by atoms with Crippen LogP contribution in [0.5, 0.6) is 0 Å². The Morgan fingerprint density at radius 3 is 2.63 bits per heavy atom. The number of carbonyl (C=O) groups is 3. The van der Waals surface area contributed by atoms with Crippen molar-refractivity contribution in [3.05, 3.63) is 52.8 Å². The molecule has 160 valence electrons. The monoisotopic (exact) mass is 411 g/mol. The molecule has 0 bridgehead atoms. The lowest BCUT2D eigenvalue weighted by Crippen LogP contribution is -2.40. The van der Waals surface area contributed by atoms with Gasteiger partial charge in [0.05, 0.1) is 6.54 Å². The summed E-state index contributed by atoms with van der Waals surface area (Å²) in [5.74, 6) is -0.733. The minimum absolute atomic E-state index is 0.0872. The van der Waals surface area contributed by atoms with E-state index in [4.69, 9.17) is 0 Å². The summed E-state index contributed by atoms with van der Waals surface area (Å²) < 4.78 is 1.60. The maximum atomic E-state index is 13.1. The third-order valence-electron chi connectivity index (χ3n) is 5.29. The Morgan fingerprint density at radius 2 is 1.93 bits per heavy atom. The van der Waals surface area contributed by atoms with Gasteiger partial charge in [0, 0.05) is 38.8 Å². The van der Waals surface area contributed by atoms with E-state index in [1.165, 1.54) is 6.07 Å². The molecular formula is C22H29N5O3. The predicted molar refractivity (Wildman–Crippen MR) is 113 cm³/mol. The molecular weight excluding hydrogens is 382 g/mol. The summed E-state index contributed by atoms with van der Waals surface area (Å²) in [7, 11) is 0. The highest BCUT2D eigenvalue weighted by Crippen LogP contribution is 2.17. The van der Waals surface area contributed by atoms with Crippen molar-refractivity contribution in [2.45, 2.75) is 40.3 Å². The Labute approximate surface area is 176 Å². The topological polar surface area (TPSA) is 87.5 Å². The summed E-state index contributed by atoms with van der Waals surface area (Å²) in [5, 5.41) is 6.93. The first-order valence-corrected chi connectivity index (χ1v) is 10.4. The lowest BCUT2D eigenvalue weighted by molar-refractivity contribution is -0.129. The van der Waals surface area contributed by atoms with Crippen LogP contribution in [0.2, 0.25) is 0 Å². The van der Waals surface area contributed by atoms with Crippen molar-refractivity contribution in [3.8, 4) is 0 Å². The van der Waals surface area contributed by atoms with E-state index in [1.807, 2.05) is 39.0 Å². The molecule has 1 aromatic carbocycles. The van der Waals surface area contributed by atoms with Crippen molar-refractivity contribution in [2.75, 3.05) is 26.2 Å². The largest absolute Gasteiger partial charge is 0.342 e. The zero-order chi connectivity index (χ0) is 21.7. The van der Waals surface area contributed by atoms with Gasteiger partial charge in [0.1, 0.15) is 5.69 Å². The summed E-state index contributed by atoms with van der Waals surface area (Å²) in [6.07, 6.45) is 0.758. The van der Waals surface area contributed by atoms with Crippen LogP contribution in [0.25, 0.3) is 0 Å². The van der Waals surface area contributed by atoms with Gasteiger partial charge in [0.25, 0.3) is 11.8 Å². The molecule has 2 heterocycles. The average Bonchev–Trinajstić information content (AvgIpc) is 3.10. The summed E-state index contributed by atoms with van der Waals surface area (Å²) in [4.78, 5) is 41.1. The van der Waals surface area contributed by atoms with E-state index in [9.17, 15) is 14.4 Å². The van der Waals surface area contributed by atoms with E-state index in [0.717, 1.165) is 17.5 Å². The second kappa shape index (κ2) is 9.56. The van der Waals surface area contributed by atoms with Crippen LogP contribution in [0.3, 0.4) is 0 Å². The number of hydrogen-bond donors (Lipinski definition) is 1. The molecule has 1 aromatic heterocycles. The number of hydrogen-bond acceptors (Lipinski definition) is 4. The van der Waals surface area contributed by atoms with Crippen LogP contribution in [-0.2, 0) is 17.9 Å². The van der Waals surface area contributed by atoms with Crippen molar-refractivity contribution in [1.82, 2.24) is 24.9 Å². The minimum Gasteiger partial charge on any atom is -0.342 e. The number of carbonyl (C=O) groups excluding carboxylic acids is 3. The zero-order valence-electron chi connectivity index (χ0n) is 17.9. The number of amides is 3. The molecule has 0 saturated heterocycles. The second-order valence-electron chi connectivity index (χ2n) is 7.46. The van der Waals surface area contributed by atoms with E-state index in [1.54, 1.807) is 14.5 Å². The number of aryl methyl sites for hydroxylation is 2. The highest BCUT2D eigenvalue weighted by atomic mass is 16.2. The van der Waals surface area contributed by atoms with E-state index in [2.05, 4.69) is 16.5 Å². The Morgan fingerprint density at radius 1 is 1.17 bits per heavy atom.